The number of hydrogen-bond donors (Lipinski definition) is 2. The second kappa shape index (κ2) is 18.6. The maximum atomic E-state index is 12.3. The molecule has 1 radical (unpaired) electrons. The average molecular weight is 648 g/mol. The Morgan fingerprint density at radius 3 is 1.16 bits per heavy atom. The monoisotopic (exact) mass is 647 g/mol. The normalized spacial score (nSPS) is 11.1. The van der Waals surface area contributed by atoms with E-state index in [1.807, 2.05) is 0 Å². The predicted octanol–water partition coefficient (Wildman–Crippen LogP) is 4.10. The molecule has 0 saturated carbocycles. The van der Waals surface area contributed by atoms with Gasteiger partial charge in [0.15, 0.2) is 0 Å². The molecule has 2 aromatic carbocycles. The number of rotatable bonds is 10. The molecule has 13 heteroatoms. The summed E-state index contributed by atoms with van der Waals surface area (Å²) in [6.07, 6.45) is 0. The van der Waals surface area contributed by atoms with Crippen LogP contribution >= 0.6 is 0 Å². The summed E-state index contributed by atoms with van der Waals surface area (Å²) in [6, 6.07) is 11.3. The number of carbonyl (C=O) groups is 6. The van der Waals surface area contributed by atoms with E-state index in [0.29, 0.717) is 0 Å². The minimum atomic E-state index is -0.911. The minimum absolute atomic E-state index is 0. The Hall–Kier alpha value is -4.74. The predicted molar refractivity (Wildman–Crippen MR) is 148 cm³/mol. The van der Waals surface area contributed by atoms with Crippen molar-refractivity contribution >= 4 is 35.4 Å². The van der Waals surface area contributed by atoms with Gasteiger partial charge in [-0.05, 0) is 52.0 Å². The summed E-state index contributed by atoms with van der Waals surface area (Å²) >= 11 is 0. The number of carbonyl (C=O) groups excluding carboxylic acids is 6. The third kappa shape index (κ3) is 10.9. The number of aliphatic hydroxyl groups is 2. The number of allylic oxidation sites excluding steroid dienone is 2. The molecule has 43 heavy (non-hydrogen) atoms. The number of ether oxygens (including phenoxy) is 4. The number of esters is 4. The van der Waals surface area contributed by atoms with E-state index >= 15 is 0 Å². The van der Waals surface area contributed by atoms with Gasteiger partial charge in [-0.3, -0.25) is 9.59 Å². The van der Waals surface area contributed by atoms with Crippen LogP contribution in [0, 0.1) is 0 Å². The average Bonchev–Trinajstić information content (AvgIpc) is 2.96. The van der Waals surface area contributed by atoms with Crippen molar-refractivity contribution in [2.24, 2.45) is 0 Å². The van der Waals surface area contributed by atoms with Gasteiger partial charge >= 0.3 is 23.9 Å². The van der Waals surface area contributed by atoms with Crippen molar-refractivity contribution in [1.82, 2.24) is 0 Å². The maximum Gasteiger partial charge on any atom is 0.345 e. The van der Waals surface area contributed by atoms with Crippen LogP contribution in [-0.2, 0) is 45.6 Å². The van der Waals surface area contributed by atoms with Gasteiger partial charge in [-0.15, -0.1) is 0 Å². The summed E-state index contributed by atoms with van der Waals surface area (Å²) in [7, 11) is 2.44. The number of methoxy groups -OCH3 is 2. The largest absolute Gasteiger partial charge is 0.512 e. The summed E-state index contributed by atoms with van der Waals surface area (Å²) in [5, 5.41) is 19.1. The van der Waals surface area contributed by atoms with E-state index in [2.05, 4.69) is 9.47 Å². The molecular weight excluding hydrogens is 616 g/mol. The standard InChI is InChI=1S/2C15H16O6.Cu/c2*1-4-21-15(19)12(9(2)16)13(17)10-6-5-7-11(8-10)14(18)20-3;/h2*5-8,16H,4H2,1-3H3;/b2*12-9+;. The third-order valence-electron chi connectivity index (χ3n) is 5.23. The quantitative estimate of drug-likeness (QED) is 0.0552. The van der Waals surface area contributed by atoms with Gasteiger partial charge in [0, 0.05) is 28.2 Å². The van der Waals surface area contributed by atoms with Crippen LogP contribution in [0.1, 0.15) is 69.1 Å². The van der Waals surface area contributed by atoms with Crippen LogP contribution in [0.25, 0.3) is 0 Å². The molecular formula is C30H32CuO12. The van der Waals surface area contributed by atoms with Crippen molar-refractivity contribution in [1.29, 1.82) is 0 Å². The summed E-state index contributed by atoms with van der Waals surface area (Å²) in [6.45, 7) is 5.76. The van der Waals surface area contributed by atoms with Gasteiger partial charge in [-0.25, -0.2) is 19.2 Å². The Morgan fingerprint density at radius 1 is 0.605 bits per heavy atom. The third-order valence-corrected chi connectivity index (χ3v) is 5.23. The first-order chi connectivity index (χ1) is 19.8. The molecule has 0 amide bonds. The van der Waals surface area contributed by atoms with Crippen LogP contribution in [0.15, 0.2) is 71.2 Å². The van der Waals surface area contributed by atoms with E-state index in [1.54, 1.807) is 13.8 Å². The van der Waals surface area contributed by atoms with Crippen molar-refractivity contribution in [2.45, 2.75) is 27.7 Å². The molecule has 0 spiro atoms. The van der Waals surface area contributed by atoms with E-state index in [4.69, 9.17) is 9.47 Å². The van der Waals surface area contributed by atoms with E-state index in [0.717, 1.165) is 0 Å². The minimum Gasteiger partial charge on any atom is -0.512 e. The topological polar surface area (TPSA) is 180 Å². The van der Waals surface area contributed by atoms with Gasteiger partial charge < -0.3 is 29.2 Å². The van der Waals surface area contributed by atoms with Crippen molar-refractivity contribution in [3.05, 3.63) is 93.4 Å². The number of ketones is 2. The number of hydrogen-bond acceptors (Lipinski definition) is 12. The van der Waals surface area contributed by atoms with E-state index in [-0.39, 0.29) is 52.5 Å². The van der Waals surface area contributed by atoms with Gasteiger partial charge in [0.2, 0.25) is 11.6 Å². The summed E-state index contributed by atoms with van der Waals surface area (Å²) in [5.74, 6) is -5.36. The smallest absolute Gasteiger partial charge is 0.345 e. The van der Waals surface area contributed by atoms with Crippen molar-refractivity contribution in [2.75, 3.05) is 27.4 Å². The van der Waals surface area contributed by atoms with Crippen molar-refractivity contribution in [3.63, 3.8) is 0 Å². The molecule has 0 unspecified atom stereocenters. The molecule has 0 heterocycles. The Labute approximate surface area is 258 Å². The van der Waals surface area contributed by atoms with Crippen LogP contribution in [-0.4, -0.2) is 73.1 Å². The molecule has 0 atom stereocenters. The maximum absolute atomic E-state index is 12.3. The second-order valence-electron chi connectivity index (χ2n) is 8.16. The molecule has 0 aliphatic heterocycles. The van der Waals surface area contributed by atoms with Gasteiger partial charge in [0.25, 0.3) is 0 Å². The zero-order valence-electron chi connectivity index (χ0n) is 24.3. The Kier molecular flexibility index (Phi) is 16.6. The Balaban J connectivity index is 0.000000802. The molecule has 2 N–H and O–H groups in total. The first-order valence-electron chi connectivity index (χ1n) is 12.4. The second-order valence-corrected chi connectivity index (χ2v) is 8.16. The molecule has 0 aromatic heterocycles. The van der Waals surface area contributed by atoms with Crippen LogP contribution < -0.4 is 0 Å². The fourth-order valence-corrected chi connectivity index (χ4v) is 3.32. The zero-order chi connectivity index (χ0) is 32.0. The molecule has 235 valence electrons. The van der Waals surface area contributed by atoms with Crippen LogP contribution in [0.4, 0.5) is 0 Å². The van der Waals surface area contributed by atoms with Crippen LogP contribution in [0.2, 0.25) is 0 Å². The van der Waals surface area contributed by atoms with Crippen molar-refractivity contribution in [3.8, 4) is 0 Å². The molecule has 12 nitrogen and oxygen atoms in total. The SMILES string of the molecule is CCOC(=O)/C(C(=O)c1cccc(C(=O)OC)c1)=C(\C)O.CCOC(=O)/C(C(=O)c1cccc(C(=O)OC)c1)=C(\C)O.[Cu]. The van der Waals surface area contributed by atoms with Crippen LogP contribution in [0.5, 0.6) is 0 Å². The van der Waals surface area contributed by atoms with Crippen LogP contribution in [0.3, 0.4) is 0 Å². The Bertz CT molecular complexity index is 1310. The van der Waals surface area contributed by atoms with Gasteiger partial charge in [-0.1, -0.05) is 24.3 Å². The fraction of sp³-hybridized carbons (Fsp3) is 0.267. The summed E-state index contributed by atoms with van der Waals surface area (Å²) < 4.78 is 18.6. The van der Waals surface area contributed by atoms with Gasteiger partial charge in [0.05, 0.1) is 38.6 Å². The fourth-order valence-electron chi connectivity index (χ4n) is 3.32. The van der Waals surface area contributed by atoms with Crippen molar-refractivity contribution < 1.29 is 75.0 Å². The van der Waals surface area contributed by atoms with Gasteiger partial charge in [-0.2, -0.15) is 0 Å². The first-order valence-corrected chi connectivity index (χ1v) is 12.4. The summed E-state index contributed by atoms with van der Waals surface area (Å²) in [4.78, 5) is 70.9. The molecule has 0 aliphatic rings. The molecule has 0 aliphatic carbocycles. The first kappa shape index (κ1) is 38.3. The zero-order valence-corrected chi connectivity index (χ0v) is 25.3. The van der Waals surface area contributed by atoms with Gasteiger partial charge in [0.1, 0.15) is 22.7 Å². The number of Topliss-reactive ketones (excluding diaryl/α,β-unsaturated/α-hetero) is 2. The summed E-state index contributed by atoms with van der Waals surface area (Å²) in [5.41, 5.74) is -0.425. The van der Waals surface area contributed by atoms with E-state index in [9.17, 15) is 39.0 Å². The molecule has 0 fully saturated rings. The molecule has 0 saturated heterocycles. The molecule has 2 rings (SSSR count). The van der Waals surface area contributed by atoms with E-state index < -0.39 is 58.1 Å². The number of aliphatic hydroxyl groups excluding tert-OH is 2. The molecule has 2 aromatic rings. The molecule has 0 bridgehead atoms. The number of benzene rings is 2. The Morgan fingerprint density at radius 2 is 0.907 bits per heavy atom. The van der Waals surface area contributed by atoms with E-state index in [1.165, 1.54) is 76.6 Å².